The van der Waals surface area contributed by atoms with Gasteiger partial charge in [-0.05, 0) is 0 Å². The first-order valence-corrected chi connectivity index (χ1v) is 18.9. The first-order chi connectivity index (χ1) is 22.8. The van der Waals surface area contributed by atoms with Crippen LogP contribution in [0, 0.1) is 28.9 Å². The van der Waals surface area contributed by atoms with E-state index < -0.39 is 13.6 Å². The van der Waals surface area contributed by atoms with Crippen molar-refractivity contribution in [1.82, 2.24) is 0 Å². The van der Waals surface area contributed by atoms with Crippen LogP contribution in [0.1, 0.15) is 0 Å². The fraction of sp³-hybridized carbons (Fsp3) is 0. The molecule has 0 heterocycles. The first kappa shape index (κ1) is 42.1. The van der Waals surface area contributed by atoms with Crippen molar-refractivity contribution >= 4 is 67.5 Å². The maximum atomic E-state index is 7.13. The molecule has 0 radical (unpaired) electrons. The summed E-state index contributed by atoms with van der Waals surface area (Å²) in [4.78, 5) is 0. The average Bonchev–Trinajstić information content (AvgIpc) is 3.17. The van der Waals surface area contributed by atoms with Crippen molar-refractivity contribution in [3.63, 3.8) is 0 Å². The van der Waals surface area contributed by atoms with Crippen LogP contribution in [0.15, 0.2) is 212 Å². The predicted molar refractivity (Wildman–Crippen MR) is 205 cm³/mol. The summed E-state index contributed by atoms with van der Waals surface area (Å²) in [7, 11) is 0. The second-order valence-corrected chi connectivity index (χ2v) is 16.7. The molecule has 0 aromatic heterocycles. The molecule has 7 aromatic rings. The summed E-state index contributed by atoms with van der Waals surface area (Å²) in [6, 6.07) is 81.7. The molecule has 7 rings (SSSR count). The molecule has 0 aliphatic carbocycles. The topological polar surface area (TPSA) is 23.8 Å². The van der Waals surface area contributed by atoms with Crippen molar-refractivity contribution in [3.05, 3.63) is 231 Å². The van der Waals surface area contributed by atoms with Gasteiger partial charge in [-0.3, -0.25) is 0 Å². The van der Waals surface area contributed by atoms with Crippen LogP contribution in [0.25, 0.3) is 0 Å². The molecule has 0 saturated heterocycles. The van der Waals surface area contributed by atoms with Crippen LogP contribution in [-0.4, -0.2) is 37.5 Å². The molecule has 7 aromatic carbocycles. The summed E-state index contributed by atoms with van der Waals surface area (Å²) in [6.07, 6.45) is 0. The van der Waals surface area contributed by atoms with Crippen LogP contribution in [0.4, 0.5) is 0 Å². The van der Waals surface area contributed by atoms with Crippen LogP contribution in [-0.2, 0) is 12.6 Å². The molecule has 5 heteroatoms. The van der Waals surface area contributed by atoms with Crippen molar-refractivity contribution in [2.75, 3.05) is 0 Å². The van der Waals surface area contributed by atoms with Gasteiger partial charge in [0.25, 0.3) is 0 Å². The molecule has 0 bridgehead atoms. The predicted octanol–water partition coefficient (Wildman–Crippen LogP) is 4.16. The summed E-state index contributed by atoms with van der Waals surface area (Å²) in [5.41, 5.74) is 0. The number of nitriles is 1. The monoisotopic (exact) mass is 871 g/mol. The van der Waals surface area contributed by atoms with Gasteiger partial charge in [0.1, 0.15) is 0 Å². The first-order valence-electron chi connectivity index (χ1n) is 14.7. The standard InChI is InChI=1S/C24H20As.3C6H5.CHNS.BrH.Sn/c1-5-13-21(14-6-1)25(22-15-7-2-8-16-22,23-17-9-3-10-18-23)24-19-11-4-12-20-24;3*1-2-4-6-5-3-1;2-1-3;;/h1-20H;3*1-5H;3H;1H;/q+1;3*-1;;;+4/p-2. The third kappa shape index (κ3) is 14.5. The molecule has 1 nitrogen and oxygen atoms in total. The van der Waals surface area contributed by atoms with Crippen LogP contribution < -0.4 is 34.4 Å². The molecule has 0 N–H and O–H groups in total. The zero-order valence-corrected chi connectivity index (χ0v) is 33.5. The van der Waals surface area contributed by atoms with E-state index in [1.165, 1.54) is 22.8 Å². The van der Waals surface area contributed by atoms with Crippen LogP contribution in [0.3, 0.4) is 0 Å². The summed E-state index contributed by atoms with van der Waals surface area (Å²) >= 11 is 0.931. The minimum atomic E-state index is -2.77. The third-order valence-electron chi connectivity index (χ3n) is 6.40. The maximum absolute atomic E-state index is 7.13. The molecule has 0 aliphatic rings. The van der Waals surface area contributed by atoms with Gasteiger partial charge in [0, 0.05) is 0 Å². The van der Waals surface area contributed by atoms with Gasteiger partial charge in [-0.1, -0.05) is 5.40 Å². The number of thiocyanates is 1. The second-order valence-electron chi connectivity index (χ2n) is 9.34. The average molecular weight is 871 g/mol. The second kappa shape index (κ2) is 27.1. The Bertz CT molecular complexity index is 1410. The van der Waals surface area contributed by atoms with Gasteiger partial charge in [-0.2, -0.15) is 109 Å². The Hall–Kier alpha value is -3.91. The number of benzene rings is 7. The molecular formula is C43H35AsBrNSSn. The van der Waals surface area contributed by atoms with Crippen LogP contribution in [0.2, 0.25) is 0 Å². The van der Waals surface area contributed by atoms with E-state index in [4.69, 9.17) is 5.26 Å². The van der Waals surface area contributed by atoms with E-state index in [9.17, 15) is 0 Å². The zero-order valence-electron chi connectivity index (χ0n) is 26.4. The Labute approximate surface area is 322 Å². The Balaban J connectivity index is 0.000000406. The van der Waals surface area contributed by atoms with Gasteiger partial charge in [-0.15, -0.1) is 0 Å². The van der Waals surface area contributed by atoms with E-state index in [0.29, 0.717) is 0 Å². The van der Waals surface area contributed by atoms with Crippen molar-refractivity contribution < 1.29 is 17.0 Å². The van der Waals surface area contributed by atoms with E-state index in [1.807, 2.05) is 91.0 Å². The molecule has 0 unspecified atom stereocenters. The van der Waals surface area contributed by atoms with Gasteiger partial charge in [0.05, 0.1) is 0 Å². The summed E-state index contributed by atoms with van der Waals surface area (Å²) in [6.45, 7) is 0. The molecular weight excluding hydrogens is 836 g/mol. The van der Waals surface area contributed by atoms with Crippen molar-refractivity contribution in [1.29, 1.82) is 5.26 Å². The summed E-state index contributed by atoms with van der Waals surface area (Å²) in [5, 5.41) is 8.47. The molecule has 0 spiro atoms. The minimum absolute atomic E-state index is 0. The number of nitrogens with zero attached hydrogens (tertiary/aromatic N) is 1. The number of hydrogen-bond acceptors (Lipinski definition) is 2. The third-order valence-corrected chi connectivity index (χ3v) is 15.4. The van der Waals surface area contributed by atoms with Crippen LogP contribution >= 0.6 is 0 Å². The fourth-order valence-corrected chi connectivity index (χ4v) is 13.5. The van der Waals surface area contributed by atoms with Crippen molar-refractivity contribution in [2.45, 2.75) is 0 Å². The van der Waals surface area contributed by atoms with E-state index >= 15 is 0 Å². The number of halogens is 1. The quantitative estimate of drug-likeness (QED) is 0.115. The molecule has 48 heavy (non-hydrogen) atoms. The van der Waals surface area contributed by atoms with Gasteiger partial charge < -0.3 is 29.6 Å². The summed E-state index contributed by atoms with van der Waals surface area (Å²) in [5.74, 6) is 0. The number of hydrogen-bond donors (Lipinski definition) is 0. The van der Waals surface area contributed by atoms with Gasteiger partial charge in [0.2, 0.25) is 0 Å². The fourth-order valence-electron chi connectivity index (χ4n) is 4.53. The Morgan fingerprint density at radius 3 is 0.667 bits per heavy atom. The Morgan fingerprint density at radius 1 is 0.375 bits per heavy atom. The Morgan fingerprint density at radius 2 is 0.542 bits per heavy atom. The number of rotatable bonds is 4. The molecule has 0 saturated carbocycles. The van der Waals surface area contributed by atoms with E-state index in [0.717, 1.165) is 0 Å². The SMILES string of the molecule is N#C[S-].[Br-].[Sn+4].[c-]1ccccc1.[c-]1ccccc1.[c-]1ccccc1.c1ccc([As+](c2ccccc2)(c2ccccc2)c2ccccc2)cc1. The Kier molecular flexibility index (Phi) is 23.8. The summed E-state index contributed by atoms with van der Waals surface area (Å²) < 4.78 is 5.79. The molecule has 0 amide bonds. The van der Waals surface area contributed by atoms with E-state index in [-0.39, 0.29) is 40.9 Å². The van der Waals surface area contributed by atoms with Gasteiger partial charge in [-0.25, -0.2) is 5.26 Å². The zero-order chi connectivity index (χ0) is 32.4. The van der Waals surface area contributed by atoms with Gasteiger partial charge in [0.15, 0.2) is 0 Å². The van der Waals surface area contributed by atoms with Crippen molar-refractivity contribution in [2.24, 2.45) is 0 Å². The van der Waals surface area contributed by atoms with Crippen molar-refractivity contribution in [3.8, 4) is 5.40 Å². The van der Waals surface area contributed by atoms with E-state index in [2.05, 4.69) is 152 Å². The molecule has 0 atom stereocenters. The van der Waals surface area contributed by atoms with Crippen LogP contribution in [0.5, 0.6) is 0 Å². The molecule has 0 aliphatic heterocycles. The molecule has 0 fully saturated rings. The molecule has 234 valence electrons. The normalized spacial score (nSPS) is 8.98. The van der Waals surface area contributed by atoms with Gasteiger partial charge >= 0.3 is 176 Å². The van der Waals surface area contributed by atoms with E-state index in [1.54, 1.807) is 0 Å².